The molecule has 6 heteroatoms. The minimum Gasteiger partial charge on any atom is -0.305 e. The number of nitrogens with zero attached hydrogens (tertiary/aromatic N) is 2. The first-order valence-electron chi connectivity index (χ1n) is 3.74. The van der Waals surface area contributed by atoms with Gasteiger partial charge < -0.3 is 4.98 Å². The number of thiazole rings is 1. The number of hydrogen-bond donors (Lipinski definition) is 1. The van der Waals surface area contributed by atoms with E-state index in [-0.39, 0.29) is 11.3 Å². The Morgan fingerprint density at radius 2 is 2.36 bits per heavy atom. The van der Waals surface area contributed by atoms with Crippen LogP contribution in [0.25, 0.3) is 11.5 Å². The van der Waals surface area contributed by atoms with E-state index in [2.05, 4.69) is 15.0 Å². The van der Waals surface area contributed by atoms with E-state index in [0.29, 0.717) is 17.8 Å². The first kappa shape index (κ1) is 8.76. The first-order valence-corrected chi connectivity index (χ1v) is 4.69. The van der Waals surface area contributed by atoms with Crippen LogP contribution in [0.15, 0.2) is 21.8 Å². The third-order valence-electron chi connectivity index (χ3n) is 1.56. The SMILES string of the molecule is O=Cc1cc(=O)[nH]c(-c2cscn2)n1. The summed E-state index contributed by atoms with van der Waals surface area (Å²) in [6.07, 6.45) is 0.533. The largest absolute Gasteiger partial charge is 0.305 e. The van der Waals surface area contributed by atoms with Gasteiger partial charge in [-0.25, -0.2) is 9.97 Å². The molecule has 0 saturated heterocycles. The van der Waals surface area contributed by atoms with Crippen molar-refractivity contribution in [3.05, 3.63) is 33.0 Å². The minimum absolute atomic E-state index is 0.108. The third-order valence-corrected chi connectivity index (χ3v) is 2.14. The van der Waals surface area contributed by atoms with Crippen LogP contribution < -0.4 is 5.56 Å². The van der Waals surface area contributed by atoms with Crippen molar-refractivity contribution >= 4 is 17.6 Å². The van der Waals surface area contributed by atoms with E-state index in [9.17, 15) is 9.59 Å². The standard InChI is InChI=1S/C8H5N3O2S/c12-2-5-1-7(13)11-8(10-5)6-3-14-4-9-6/h1-4H,(H,10,11,13). The van der Waals surface area contributed by atoms with Gasteiger partial charge in [-0.3, -0.25) is 9.59 Å². The third kappa shape index (κ3) is 1.60. The highest BCUT2D eigenvalue weighted by molar-refractivity contribution is 7.07. The maximum absolute atomic E-state index is 11.1. The van der Waals surface area contributed by atoms with Gasteiger partial charge in [-0.1, -0.05) is 0 Å². The highest BCUT2D eigenvalue weighted by Crippen LogP contribution is 2.12. The van der Waals surface area contributed by atoms with Crippen LogP contribution in [0.1, 0.15) is 10.5 Å². The molecular formula is C8H5N3O2S. The van der Waals surface area contributed by atoms with Gasteiger partial charge in [0.25, 0.3) is 5.56 Å². The molecule has 0 bridgehead atoms. The molecule has 5 nitrogen and oxygen atoms in total. The molecule has 0 spiro atoms. The lowest BCUT2D eigenvalue weighted by Crippen LogP contribution is -2.09. The van der Waals surface area contributed by atoms with Crippen molar-refractivity contribution < 1.29 is 4.79 Å². The number of rotatable bonds is 2. The summed E-state index contributed by atoms with van der Waals surface area (Å²) in [6, 6.07) is 1.14. The smallest absolute Gasteiger partial charge is 0.251 e. The van der Waals surface area contributed by atoms with E-state index in [1.165, 1.54) is 11.3 Å². The van der Waals surface area contributed by atoms with Crippen molar-refractivity contribution in [1.29, 1.82) is 0 Å². The Kier molecular flexibility index (Phi) is 2.19. The minimum atomic E-state index is -0.356. The second-order valence-electron chi connectivity index (χ2n) is 2.51. The van der Waals surface area contributed by atoms with Crippen LogP contribution >= 0.6 is 11.3 Å². The number of aromatic amines is 1. The fourth-order valence-electron chi connectivity index (χ4n) is 0.988. The summed E-state index contributed by atoms with van der Waals surface area (Å²) in [5.41, 5.74) is 1.95. The maximum atomic E-state index is 11.1. The van der Waals surface area contributed by atoms with Crippen molar-refractivity contribution in [2.75, 3.05) is 0 Å². The van der Waals surface area contributed by atoms with Crippen molar-refractivity contribution in [3.8, 4) is 11.5 Å². The van der Waals surface area contributed by atoms with Gasteiger partial charge in [0, 0.05) is 11.4 Å². The summed E-state index contributed by atoms with van der Waals surface area (Å²) in [5.74, 6) is 0.320. The molecule has 1 N–H and O–H groups in total. The molecule has 0 atom stereocenters. The number of nitrogens with one attached hydrogen (secondary N) is 1. The lowest BCUT2D eigenvalue weighted by atomic mass is 10.4. The fraction of sp³-hybridized carbons (Fsp3) is 0. The monoisotopic (exact) mass is 207 g/mol. The number of hydrogen-bond acceptors (Lipinski definition) is 5. The quantitative estimate of drug-likeness (QED) is 0.735. The Morgan fingerprint density at radius 1 is 1.50 bits per heavy atom. The normalized spacial score (nSPS) is 10.0. The molecule has 2 rings (SSSR count). The number of carbonyl (C=O) groups excluding carboxylic acids is 1. The molecule has 0 radical (unpaired) electrons. The number of aldehydes is 1. The summed E-state index contributed by atoms with van der Waals surface area (Å²) >= 11 is 1.39. The Balaban J connectivity index is 2.59. The highest BCUT2D eigenvalue weighted by atomic mass is 32.1. The van der Waals surface area contributed by atoms with Crippen LogP contribution in [-0.2, 0) is 0 Å². The second-order valence-corrected chi connectivity index (χ2v) is 3.23. The molecule has 0 aliphatic rings. The van der Waals surface area contributed by atoms with Crippen LogP contribution in [0.3, 0.4) is 0 Å². The Bertz CT molecular complexity index is 504. The molecule has 2 aromatic rings. The van der Waals surface area contributed by atoms with Crippen LogP contribution in [0.5, 0.6) is 0 Å². The Labute approximate surface area is 82.5 Å². The molecule has 0 fully saturated rings. The van der Waals surface area contributed by atoms with Crippen LogP contribution in [0.4, 0.5) is 0 Å². The van der Waals surface area contributed by atoms with E-state index >= 15 is 0 Å². The lowest BCUT2D eigenvalue weighted by molar-refractivity contribution is 0.111. The summed E-state index contributed by atoms with van der Waals surface area (Å²) in [7, 11) is 0. The van der Waals surface area contributed by atoms with E-state index in [1.807, 2.05) is 0 Å². The summed E-state index contributed by atoms with van der Waals surface area (Å²) < 4.78 is 0. The van der Waals surface area contributed by atoms with Crippen molar-refractivity contribution in [2.24, 2.45) is 0 Å². The molecule has 2 heterocycles. The molecule has 0 unspecified atom stereocenters. The number of aromatic nitrogens is 3. The number of H-pyrrole nitrogens is 1. The molecular weight excluding hydrogens is 202 g/mol. The van der Waals surface area contributed by atoms with Crippen molar-refractivity contribution in [2.45, 2.75) is 0 Å². The Morgan fingerprint density at radius 3 is 3.00 bits per heavy atom. The van der Waals surface area contributed by atoms with Gasteiger partial charge >= 0.3 is 0 Å². The van der Waals surface area contributed by atoms with E-state index in [4.69, 9.17) is 0 Å². The first-order chi connectivity index (χ1) is 6.79. The summed E-state index contributed by atoms with van der Waals surface area (Å²) in [6.45, 7) is 0. The van der Waals surface area contributed by atoms with Crippen LogP contribution in [0, 0.1) is 0 Å². The van der Waals surface area contributed by atoms with Gasteiger partial charge in [-0.15, -0.1) is 11.3 Å². The maximum Gasteiger partial charge on any atom is 0.251 e. The van der Waals surface area contributed by atoms with Gasteiger partial charge in [0.1, 0.15) is 11.4 Å². The molecule has 2 aromatic heterocycles. The zero-order valence-electron chi connectivity index (χ0n) is 6.93. The summed E-state index contributed by atoms with van der Waals surface area (Å²) in [4.78, 5) is 31.9. The van der Waals surface area contributed by atoms with E-state index < -0.39 is 0 Å². The molecule has 0 aromatic carbocycles. The second kappa shape index (κ2) is 3.51. The topological polar surface area (TPSA) is 75.7 Å². The van der Waals surface area contributed by atoms with Crippen molar-refractivity contribution in [3.63, 3.8) is 0 Å². The average molecular weight is 207 g/mol. The molecule has 14 heavy (non-hydrogen) atoms. The molecule has 0 aliphatic heterocycles. The predicted octanol–water partition coefficient (Wildman–Crippen LogP) is 0.706. The lowest BCUT2D eigenvalue weighted by Gasteiger charge is -1.95. The van der Waals surface area contributed by atoms with Gasteiger partial charge in [-0.2, -0.15) is 0 Å². The van der Waals surface area contributed by atoms with Gasteiger partial charge in [0.15, 0.2) is 12.1 Å². The predicted molar refractivity (Wildman–Crippen MR) is 51.4 cm³/mol. The van der Waals surface area contributed by atoms with Gasteiger partial charge in [0.2, 0.25) is 0 Å². The molecule has 0 aliphatic carbocycles. The zero-order chi connectivity index (χ0) is 9.97. The highest BCUT2D eigenvalue weighted by Gasteiger charge is 2.04. The van der Waals surface area contributed by atoms with Crippen LogP contribution in [0.2, 0.25) is 0 Å². The fourth-order valence-corrected chi connectivity index (χ4v) is 1.52. The van der Waals surface area contributed by atoms with E-state index in [1.54, 1.807) is 10.9 Å². The van der Waals surface area contributed by atoms with Crippen molar-refractivity contribution in [1.82, 2.24) is 15.0 Å². The number of carbonyl (C=O) groups is 1. The zero-order valence-corrected chi connectivity index (χ0v) is 7.75. The Hall–Kier alpha value is -1.82. The average Bonchev–Trinajstić information content (AvgIpc) is 2.69. The van der Waals surface area contributed by atoms with Crippen LogP contribution in [-0.4, -0.2) is 21.2 Å². The summed E-state index contributed by atoms with van der Waals surface area (Å²) in [5, 5.41) is 1.74. The van der Waals surface area contributed by atoms with E-state index in [0.717, 1.165) is 6.07 Å². The molecule has 0 amide bonds. The molecule has 0 saturated carbocycles. The van der Waals surface area contributed by atoms with Gasteiger partial charge in [0.05, 0.1) is 5.51 Å². The molecule has 70 valence electrons. The van der Waals surface area contributed by atoms with Gasteiger partial charge in [-0.05, 0) is 0 Å².